The molecule has 0 bridgehead atoms. The van der Waals surface area contributed by atoms with Crippen molar-refractivity contribution in [3.63, 3.8) is 0 Å². The zero-order chi connectivity index (χ0) is 11.4. The highest BCUT2D eigenvalue weighted by Crippen LogP contribution is 2.31. The molecule has 15 heavy (non-hydrogen) atoms. The lowest BCUT2D eigenvalue weighted by molar-refractivity contribution is 0.179. The number of benzene rings is 1. The lowest BCUT2D eigenvalue weighted by Gasteiger charge is -2.17. The van der Waals surface area contributed by atoms with Gasteiger partial charge < -0.3 is 15.2 Å². The van der Waals surface area contributed by atoms with Crippen LogP contribution in [0, 0.1) is 6.92 Å². The fourth-order valence-corrected chi connectivity index (χ4v) is 1.86. The molecule has 0 amide bonds. The Labute approximate surface area is 95.1 Å². The molecular weight excluding hydrogens is 214 g/mol. The van der Waals surface area contributed by atoms with Crippen LogP contribution in [0.5, 0.6) is 5.75 Å². The van der Waals surface area contributed by atoms with Crippen LogP contribution in [0.2, 0.25) is 5.02 Å². The number of aryl methyl sites for hydroxylation is 1. The molecule has 1 unspecified atom stereocenters. The zero-order valence-electron chi connectivity index (χ0n) is 9.21. The van der Waals surface area contributed by atoms with Gasteiger partial charge in [-0.15, -0.1) is 0 Å². The van der Waals surface area contributed by atoms with E-state index in [9.17, 15) is 0 Å². The van der Waals surface area contributed by atoms with E-state index in [4.69, 9.17) is 26.8 Å². The van der Waals surface area contributed by atoms with Gasteiger partial charge in [-0.05, 0) is 24.6 Å². The first-order valence-electron chi connectivity index (χ1n) is 4.68. The second-order valence-corrected chi connectivity index (χ2v) is 3.84. The summed E-state index contributed by atoms with van der Waals surface area (Å²) in [6.45, 7) is 2.38. The summed E-state index contributed by atoms with van der Waals surface area (Å²) < 4.78 is 10.3. The van der Waals surface area contributed by atoms with Crippen LogP contribution in [0.3, 0.4) is 0 Å². The van der Waals surface area contributed by atoms with Crippen molar-refractivity contribution in [2.75, 3.05) is 20.8 Å². The Hall–Kier alpha value is -0.770. The van der Waals surface area contributed by atoms with Crippen LogP contribution in [0.15, 0.2) is 12.1 Å². The topological polar surface area (TPSA) is 44.5 Å². The maximum atomic E-state index is 5.97. The van der Waals surface area contributed by atoms with Crippen molar-refractivity contribution in [2.24, 2.45) is 5.73 Å². The van der Waals surface area contributed by atoms with E-state index in [-0.39, 0.29) is 6.04 Å². The van der Waals surface area contributed by atoms with Crippen LogP contribution in [-0.4, -0.2) is 20.8 Å². The van der Waals surface area contributed by atoms with Gasteiger partial charge in [-0.3, -0.25) is 0 Å². The smallest absolute Gasteiger partial charge is 0.126 e. The second kappa shape index (κ2) is 5.35. The summed E-state index contributed by atoms with van der Waals surface area (Å²) >= 11 is 5.97. The molecule has 0 spiro atoms. The van der Waals surface area contributed by atoms with E-state index >= 15 is 0 Å². The van der Waals surface area contributed by atoms with Crippen molar-refractivity contribution in [2.45, 2.75) is 13.0 Å². The van der Waals surface area contributed by atoms with E-state index in [1.807, 2.05) is 19.1 Å². The first-order chi connectivity index (χ1) is 7.10. The van der Waals surface area contributed by atoms with Gasteiger partial charge in [-0.25, -0.2) is 0 Å². The highest BCUT2D eigenvalue weighted by atomic mass is 35.5. The van der Waals surface area contributed by atoms with E-state index < -0.39 is 0 Å². The molecule has 1 aromatic rings. The molecular formula is C11H16ClNO2. The van der Waals surface area contributed by atoms with Crippen molar-refractivity contribution in [1.82, 2.24) is 0 Å². The van der Waals surface area contributed by atoms with E-state index in [0.29, 0.717) is 11.6 Å². The molecule has 0 fully saturated rings. The van der Waals surface area contributed by atoms with E-state index in [2.05, 4.69) is 0 Å². The summed E-state index contributed by atoms with van der Waals surface area (Å²) in [6.07, 6.45) is 0. The summed E-state index contributed by atoms with van der Waals surface area (Å²) in [4.78, 5) is 0. The molecule has 0 aliphatic heterocycles. The van der Waals surface area contributed by atoms with Gasteiger partial charge in [0.05, 0.1) is 19.8 Å². The number of hydrogen-bond donors (Lipinski definition) is 1. The number of methoxy groups -OCH3 is 2. The van der Waals surface area contributed by atoms with Crippen molar-refractivity contribution >= 4 is 11.6 Å². The zero-order valence-corrected chi connectivity index (χ0v) is 9.97. The molecule has 0 radical (unpaired) electrons. The molecule has 2 N–H and O–H groups in total. The summed E-state index contributed by atoms with van der Waals surface area (Å²) in [5.74, 6) is 0.781. The van der Waals surface area contributed by atoms with Crippen LogP contribution in [0.4, 0.5) is 0 Å². The largest absolute Gasteiger partial charge is 0.496 e. The Kier molecular flexibility index (Phi) is 4.39. The Morgan fingerprint density at radius 2 is 2.07 bits per heavy atom. The summed E-state index contributed by atoms with van der Waals surface area (Å²) in [5.41, 5.74) is 7.81. The molecule has 0 saturated carbocycles. The Balaban J connectivity index is 3.13. The van der Waals surface area contributed by atoms with Gasteiger partial charge in [0.1, 0.15) is 5.75 Å². The molecule has 1 rings (SSSR count). The van der Waals surface area contributed by atoms with Crippen molar-refractivity contribution < 1.29 is 9.47 Å². The van der Waals surface area contributed by atoms with Gasteiger partial charge in [-0.2, -0.15) is 0 Å². The number of nitrogens with two attached hydrogens (primary N) is 1. The molecule has 1 atom stereocenters. The standard InChI is InChI=1S/C11H16ClNO2/c1-7-4-8(12)5-9(11(7)15-3)10(13)6-14-2/h4-5,10H,6,13H2,1-3H3. The fraction of sp³-hybridized carbons (Fsp3) is 0.455. The van der Waals surface area contributed by atoms with Crippen LogP contribution < -0.4 is 10.5 Å². The predicted octanol–water partition coefficient (Wildman–Crippen LogP) is 2.30. The van der Waals surface area contributed by atoms with Crippen LogP contribution >= 0.6 is 11.6 Å². The molecule has 1 aromatic carbocycles. The molecule has 0 saturated heterocycles. The van der Waals surface area contributed by atoms with Gasteiger partial charge in [0.25, 0.3) is 0 Å². The van der Waals surface area contributed by atoms with Crippen LogP contribution in [-0.2, 0) is 4.74 Å². The van der Waals surface area contributed by atoms with Gasteiger partial charge in [0.2, 0.25) is 0 Å². The first-order valence-corrected chi connectivity index (χ1v) is 5.06. The number of ether oxygens (including phenoxy) is 2. The number of rotatable bonds is 4. The third kappa shape index (κ3) is 2.84. The van der Waals surface area contributed by atoms with Gasteiger partial charge in [-0.1, -0.05) is 11.6 Å². The number of hydrogen-bond acceptors (Lipinski definition) is 3. The minimum atomic E-state index is -0.220. The minimum Gasteiger partial charge on any atom is -0.496 e. The average Bonchev–Trinajstić information content (AvgIpc) is 2.17. The predicted molar refractivity (Wildman–Crippen MR) is 61.5 cm³/mol. The van der Waals surface area contributed by atoms with Gasteiger partial charge in [0, 0.05) is 17.7 Å². The lowest BCUT2D eigenvalue weighted by atomic mass is 10.0. The maximum absolute atomic E-state index is 5.97. The van der Waals surface area contributed by atoms with Crippen molar-refractivity contribution in [3.05, 3.63) is 28.3 Å². The third-order valence-electron chi connectivity index (χ3n) is 2.22. The summed E-state index contributed by atoms with van der Waals surface area (Å²) in [5, 5.41) is 0.662. The molecule has 0 heterocycles. The third-order valence-corrected chi connectivity index (χ3v) is 2.44. The Morgan fingerprint density at radius 1 is 1.40 bits per heavy atom. The average molecular weight is 230 g/mol. The minimum absolute atomic E-state index is 0.220. The SMILES string of the molecule is COCC(N)c1cc(Cl)cc(C)c1OC. The van der Waals surface area contributed by atoms with Crippen LogP contribution in [0.25, 0.3) is 0 Å². The van der Waals surface area contributed by atoms with Crippen molar-refractivity contribution in [3.8, 4) is 5.75 Å². The summed E-state index contributed by atoms with van der Waals surface area (Å²) in [6, 6.07) is 3.45. The van der Waals surface area contributed by atoms with Crippen molar-refractivity contribution in [1.29, 1.82) is 0 Å². The fourth-order valence-electron chi connectivity index (χ4n) is 1.58. The van der Waals surface area contributed by atoms with Gasteiger partial charge >= 0.3 is 0 Å². The number of halogens is 1. The molecule has 0 aromatic heterocycles. The highest BCUT2D eigenvalue weighted by molar-refractivity contribution is 6.30. The van der Waals surface area contributed by atoms with E-state index in [1.165, 1.54) is 0 Å². The first kappa shape index (κ1) is 12.3. The van der Waals surface area contributed by atoms with E-state index in [0.717, 1.165) is 16.9 Å². The quantitative estimate of drug-likeness (QED) is 0.862. The molecule has 84 valence electrons. The Bertz CT molecular complexity index is 342. The normalized spacial score (nSPS) is 12.6. The molecule has 0 aliphatic rings. The van der Waals surface area contributed by atoms with Crippen LogP contribution in [0.1, 0.15) is 17.2 Å². The maximum Gasteiger partial charge on any atom is 0.126 e. The highest BCUT2D eigenvalue weighted by Gasteiger charge is 2.14. The summed E-state index contributed by atoms with van der Waals surface area (Å²) in [7, 11) is 3.24. The monoisotopic (exact) mass is 229 g/mol. The second-order valence-electron chi connectivity index (χ2n) is 3.41. The van der Waals surface area contributed by atoms with E-state index in [1.54, 1.807) is 14.2 Å². The van der Waals surface area contributed by atoms with Gasteiger partial charge in [0.15, 0.2) is 0 Å². The Morgan fingerprint density at radius 3 is 2.60 bits per heavy atom. The molecule has 4 heteroatoms. The molecule has 3 nitrogen and oxygen atoms in total. The molecule has 0 aliphatic carbocycles. The lowest BCUT2D eigenvalue weighted by Crippen LogP contribution is -2.17.